The highest BCUT2D eigenvalue weighted by atomic mass is 79.9. The van der Waals surface area contributed by atoms with Crippen molar-refractivity contribution in [2.24, 2.45) is 17.8 Å². The first-order chi connectivity index (χ1) is 18.5. The highest BCUT2D eigenvalue weighted by molar-refractivity contribution is 9.09. The molecular weight excluding hydrogens is 638 g/mol. The van der Waals surface area contributed by atoms with E-state index in [2.05, 4.69) is 15.9 Å². The van der Waals surface area contributed by atoms with Gasteiger partial charge < -0.3 is 5.11 Å². The molecule has 2 aromatic rings. The van der Waals surface area contributed by atoms with Gasteiger partial charge in [-0.2, -0.15) is 0 Å². The first-order valence-corrected chi connectivity index (χ1v) is 14.3. The van der Waals surface area contributed by atoms with E-state index in [0.717, 1.165) is 15.9 Å². The summed E-state index contributed by atoms with van der Waals surface area (Å²) in [6.45, 7) is 0. The highest BCUT2D eigenvalue weighted by Crippen LogP contribution is 2.66. The van der Waals surface area contributed by atoms with Crippen LogP contribution >= 0.6 is 50.7 Å². The van der Waals surface area contributed by atoms with Gasteiger partial charge in [-0.3, -0.25) is 29.0 Å². The molecule has 2 heterocycles. The van der Waals surface area contributed by atoms with E-state index in [1.165, 1.54) is 12.1 Å². The van der Waals surface area contributed by atoms with Gasteiger partial charge in [-0.15, -0.1) is 23.2 Å². The molecular formula is C27H19BrCl3FN2O5. The molecule has 0 unspecified atom stereocenters. The lowest BCUT2D eigenvalue weighted by molar-refractivity contribution is -0.138. The molecule has 0 spiro atoms. The predicted octanol–water partition coefficient (Wildman–Crippen LogP) is 5.10. The Labute approximate surface area is 245 Å². The van der Waals surface area contributed by atoms with E-state index in [9.17, 15) is 28.7 Å². The minimum absolute atomic E-state index is 0.0340. The molecule has 1 N–H and O–H groups in total. The fourth-order valence-electron chi connectivity index (χ4n) is 6.71. The average Bonchev–Trinajstić information content (AvgIpc) is 3.24. The number of para-hydroxylation sites is 1. The van der Waals surface area contributed by atoms with Crippen molar-refractivity contribution in [2.75, 3.05) is 10.4 Å². The number of hydrogen-bond donors (Lipinski definition) is 1. The Morgan fingerprint density at radius 2 is 1.69 bits per heavy atom. The Morgan fingerprint density at radius 3 is 2.36 bits per heavy atom. The van der Waals surface area contributed by atoms with Gasteiger partial charge in [0.25, 0.3) is 11.8 Å². The molecule has 202 valence electrons. The van der Waals surface area contributed by atoms with Crippen LogP contribution in [-0.4, -0.2) is 48.8 Å². The third-order valence-electron chi connectivity index (χ3n) is 8.43. The summed E-state index contributed by atoms with van der Waals surface area (Å²) in [6.07, 6.45) is 1.65. The molecule has 2 saturated heterocycles. The largest absolute Gasteiger partial charge is 0.505 e. The topological polar surface area (TPSA) is 95.0 Å². The second-order valence-electron chi connectivity index (χ2n) is 10.2. The number of aromatic hydroxyl groups is 1. The summed E-state index contributed by atoms with van der Waals surface area (Å²) in [4.78, 5) is 52.5. The number of phenolic OH excluding ortho intramolecular Hbond substituents is 1. The molecule has 1 saturated carbocycles. The maximum atomic E-state index is 14.6. The van der Waals surface area contributed by atoms with Crippen molar-refractivity contribution in [3.8, 4) is 5.75 Å². The number of hydrogen-bond acceptors (Lipinski definition) is 5. The number of anilines is 1. The number of carbonyl (C=O) groups excluding carboxylic acids is 4. The quantitative estimate of drug-likeness (QED) is 0.215. The van der Waals surface area contributed by atoms with E-state index in [-0.39, 0.29) is 23.9 Å². The number of nitrogens with zero attached hydrogens (tertiary/aromatic N) is 2. The van der Waals surface area contributed by atoms with E-state index >= 15 is 0 Å². The van der Waals surface area contributed by atoms with Crippen LogP contribution in [0.4, 0.5) is 10.1 Å². The van der Waals surface area contributed by atoms with Gasteiger partial charge in [0.2, 0.25) is 11.8 Å². The van der Waals surface area contributed by atoms with Crippen LogP contribution in [0.5, 0.6) is 5.75 Å². The number of rotatable bonds is 3. The molecule has 2 aliphatic heterocycles. The zero-order chi connectivity index (χ0) is 28.0. The zero-order valence-corrected chi connectivity index (χ0v) is 23.8. The fourth-order valence-corrected chi connectivity index (χ4v) is 8.25. The third kappa shape index (κ3) is 3.39. The molecule has 4 amide bonds. The fraction of sp³-hybridized carbons (Fsp3) is 0.333. The molecule has 2 aliphatic carbocycles. The van der Waals surface area contributed by atoms with Gasteiger partial charge in [-0.05, 0) is 49.1 Å². The Kier molecular flexibility index (Phi) is 6.19. The van der Waals surface area contributed by atoms with E-state index in [1.807, 2.05) is 0 Å². The van der Waals surface area contributed by atoms with Crippen LogP contribution < -0.4 is 4.90 Å². The van der Waals surface area contributed by atoms with Crippen LogP contribution in [0.1, 0.15) is 24.3 Å². The summed E-state index contributed by atoms with van der Waals surface area (Å²) in [5.41, 5.74) is 0.589. The molecule has 12 heteroatoms. The minimum Gasteiger partial charge on any atom is -0.505 e. The average molecular weight is 657 g/mol. The van der Waals surface area contributed by atoms with Crippen LogP contribution in [0.3, 0.4) is 0 Å². The van der Waals surface area contributed by atoms with Crippen molar-refractivity contribution in [1.82, 2.24) is 4.90 Å². The van der Waals surface area contributed by atoms with Gasteiger partial charge in [0.15, 0.2) is 21.3 Å². The van der Waals surface area contributed by atoms with Crippen LogP contribution in [0.25, 0.3) is 0 Å². The Hall–Kier alpha value is -2.46. The number of fused-ring (bicyclic) bond motifs is 4. The van der Waals surface area contributed by atoms with Gasteiger partial charge in [-0.25, -0.2) is 4.39 Å². The maximum absolute atomic E-state index is 14.6. The van der Waals surface area contributed by atoms with Crippen molar-refractivity contribution in [1.29, 1.82) is 0 Å². The lowest BCUT2D eigenvalue weighted by Gasteiger charge is -2.50. The molecule has 6 rings (SSSR count). The van der Waals surface area contributed by atoms with Crippen molar-refractivity contribution >= 4 is 80.0 Å². The van der Waals surface area contributed by atoms with Gasteiger partial charge in [0.05, 0.1) is 23.0 Å². The summed E-state index contributed by atoms with van der Waals surface area (Å²) in [6, 6.07) is 10.1. The van der Waals surface area contributed by atoms with Crippen LogP contribution in [0.15, 0.2) is 54.1 Å². The summed E-state index contributed by atoms with van der Waals surface area (Å²) >= 11 is 23.3. The van der Waals surface area contributed by atoms with E-state index < -0.39 is 68.6 Å². The Bertz CT molecular complexity index is 1500. The predicted molar refractivity (Wildman–Crippen MR) is 145 cm³/mol. The van der Waals surface area contributed by atoms with Crippen molar-refractivity contribution in [2.45, 2.75) is 28.5 Å². The molecule has 39 heavy (non-hydrogen) atoms. The molecule has 0 aromatic heterocycles. The Balaban J connectivity index is 1.53. The first kappa shape index (κ1) is 26.7. The molecule has 2 aromatic carbocycles. The number of imide groups is 2. The number of halogens is 5. The number of phenols is 1. The first-order valence-electron chi connectivity index (χ1n) is 12.1. The smallest absolute Gasteiger partial charge is 0.254 e. The zero-order valence-electron chi connectivity index (χ0n) is 19.9. The molecule has 3 fully saturated rings. The highest BCUT2D eigenvalue weighted by Gasteiger charge is 2.76. The standard InChI is InChI=1S/C27H19BrCl3FN2O5/c28-11-33-24(38)26(30)10-17-14(20(27(26,31)25(33)39)16-2-1-3-18(32)21(16)35)8-9-15-19(17)23(37)34(22(15)36)13-6-4-12(29)5-7-13/h1-8,15,17,19-20,35H,9-11H2/t15-,17+,19-,20+,26+,27-/m0/s1. The van der Waals surface area contributed by atoms with Crippen LogP contribution in [0, 0.1) is 23.6 Å². The van der Waals surface area contributed by atoms with Gasteiger partial charge in [-0.1, -0.05) is 51.3 Å². The van der Waals surface area contributed by atoms with E-state index in [1.54, 1.807) is 30.3 Å². The number of benzene rings is 2. The van der Waals surface area contributed by atoms with Crippen molar-refractivity contribution < 1.29 is 28.7 Å². The number of allylic oxidation sites excluding steroid dienone is 2. The summed E-state index contributed by atoms with van der Waals surface area (Å²) in [5.74, 6) is -7.84. The van der Waals surface area contributed by atoms with E-state index in [4.69, 9.17) is 34.8 Å². The summed E-state index contributed by atoms with van der Waals surface area (Å²) in [7, 11) is 0. The second kappa shape index (κ2) is 9.03. The molecule has 0 bridgehead atoms. The van der Waals surface area contributed by atoms with Gasteiger partial charge in [0.1, 0.15) is 0 Å². The monoisotopic (exact) mass is 654 g/mol. The summed E-state index contributed by atoms with van der Waals surface area (Å²) in [5, 5.41) is 11.2. The van der Waals surface area contributed by atoms with Gasteiger partial charge >= 0.3 is 0 Å². The minimum atomic E-state index is -2.12. The molecule has 6 atom stereocenters. The molecule has 7 nitrogen and oxygen atoms in total. The van der Waals surface area contributed by atoms with E-state index in [0.29, 0.717) is 16.3 Å². The van der Waals surface area contributed by atoms with Gasteiger partial charge in [0, 0.05) is 16.5 Å². The second-order valence-corrected chi connectivity index (χ2v) is 12.3. The number of alkyl halides is 3. The van der Waals surface area contributed by atoms with Crippen LogP contribution in [0.2, 0.25) is 5.02 Å². The number of amides is 4. The normalized spacial score (nSPS) is 33.7. The molecule has 4 aliphatic rings. The SMILES string of the molecule is O=C1[C@H]2[C@H](CC=C3[C@H]2C[C@@]2(Cl)C(=O)N(CBr)C(=O)[C@@]2(Cl)[C@H]3c2cccc(F)c2O)C(=O)N1c1ccc(Cl)cc1. The number of carbonyl (C=O) groups is 4. The van der Waals surface area contributed by atoms with Crippen molar-refractivity contribution in [3.05, 3.63) is 70.5 Å². The lowest BCUT2D eigenvalue weighted by Crippen LogP contribution is -2.60. The Morgan fingerprint density at radius 1 is 1.00 bits per heavy atom. The van der Waals surface area contributed by atoms with Crippen LogP contribution in [-0.2, 0) is 19.2 Å². The van der Waals surface area contributed by atoms with Crippen molar-refractivity contribution in [3.63, 3.8) is 0 Å². The molecule has 0 radical (unpaired) electrons. The lowest BCUT2D eigenvalue weighted by atomic mass is 9.56. The number of likely N-dealkylation sites (tertiary alicyclic amines) is 1. The third-order valence-corrected chi connectivity index (χ3v) is 10.6. The summed E-state index contributed by atoms with van der Waals surface area (Å²) < 4.78 is 14.6. The maximum Gasteiger partial charge on any atom is 0.254 e.